The van der Waals surface area contributed by atoms with Crippen LogP contribution >= 0.6 is 0 Å². The second kappa shape index (κ2) is 8.63. The summed E-state index contributed by atoms with van der Waals surface area (Å²) < 4.78 is 16.0. The third-order valence-electron chi connectivity index (χ3n) is 4.20. The Morgan fingerprint density at radius 1 is 1.00 bits per heavy atom. The number of nitrogens with two attached hydrogens (primary N) is 1. The van der Waals surface area contributed by atoms with Crippen molar-refractivity contribution in [2.24, 2.45) is 5.73 Å². The minimum absolute atomic E-state index is 0.104. The zero-order valence-corrected chi connectivity index (χ0v) is 16.2. The molecule has 0 aliphatic carbocycles. The second-order valence-electron chi connectivity index (χ2n) is 6.47. The van der Waals surface area contributed by atoms with Gasteiger partial charge in [-0.15, -0.1) is 0 Å². The lowest BCUT2D eigenvalue weighted by atomic mass is 9.96. The molecule has 146 valence electrons. The molecule has 0 radical (unpaired) electrons. The van der Waals surface area contributed by atoms with Crippen molar-refractivity contribution in [3.63, 3.8) is 0 Å². The molecule has 0 fully saturated rings. The van der Waals surface area contributed by atoms with Gasteiger partial charge in [0.1, 0.15) is 23.9 Å². The molecule has 0 aliphatic rings. The second-order valence-corrected chi connectivity index (χ2v) is 6.47. The van der Waals surface area contributed by atoms with Crippen molar-refractivity contribution in [3.8, 4) is 33.8 Å². The summed E-state index contributed by atoms with van der Waals surface area (Å²) in [5, 5.41) is 0. The molecule has 3 N–H and O–H groups in total. The summed E-state index contributed by atoms with van der Waals surface area (Å²) in [5.41, 5.74) is 9.30. The Balaban J connectivity index is 2.04. The molecule has 6 heteroatoms. The average Bonchev–Trinajstić information content (AvgIpc) is 3.13. The van der Waals surface area contributed by atoms with Crippen LogP contribution in [-0.2, 0) is 4.74 Å². The SMILES string of the molecule is COC(=O)c1[nH]cc(-c2ccc(OC(C)C)cc2)c1-c1ccc(OCN)cc1. The molecule has 0 saturated heterocycles. The number of hydrogen-bond acceptors (Lipinski definition) is 5. The van der Waals surface area contributed by atoms with Crippen molar-refractivity contribution in [1.82, 2.24) is 4.98 Å². The lowest BCUT2D eigenvalue weighted by Crippen LogP contribution is -2.07. The number of carbonyl (C=O) groups is 1. The Bertz CT molecular complexity index is 928. The van der Waals surface area contributed by atoms with E-state index >= 15 is 0 Å². The van der Waals surface area contributed by atoms with Gasteiger partial charge in [-0.05, 0) is 49.2 Å². The predicted molar refractivity (Wildman–Crippen MR) is 108 cm³/mol. The van der Waals surface area contributed by atoms with Crippen LogP contribution in [0.5, 0.6) is 11.5 Å². The van der Waals surface area contributed by atoms with Crippen LogP contribution < -0.4 is 15.2 Å². The van der Waals surface area contributed by atoms with Gasteiger partial charge >= 0.3 is 5.97 Å². The first-order valence-corrected chi connectivity index (χ1v) is 9.03. The fourth-order valence-corrected chi connectivity index (χ4v) is 3.01. The largest absolute Gasteiger partial charge is 0.491 e. The van der Waals surface area contributed by atoms with E-state index in [2.05, 4.69) is 4.98 Å². The Hall–Kier alpha value is -3.25. The zero-order valence-electron chi connectivity index (χ0n) is 16.2. The molecular weight excluding hydrogens is 356 g/mol. The highest BCUT2D eigenvalue weighted by atomic mass is 16.5. The van der Waals surface area contributed by atoms with Crippen molar-refractivity contribution in [1.29, 1.82) is 0 Å². The van der Waals surface area contributed by atoms with E-state index in [0.29, 0.717) is 11.4 Å². The molecule has 0 saturated carbocycles. The summed E-state index contributed by atoms with van der Waals surface area (Å²) in [5.74, 6) is 1.04. The van der Waals surface area contributed by atoms with Crippen LogP contribution in [0.2, 0.25) is 0 Å². The molecule has 1 aromatic heterocycles. The molecule has 0 spiro atoms. The van der Waals surface area contributed by atoms with Gasteiger partial charge in [-0.1, -0.05) is 24.3 Å². The van der Waals surface area contributed by atoms with E-state index in [1.54, 1.807) is 0 Å². The van der Waals surface area contributed by atoms with Crippen molar-refractivity contribution < 1.29 is 19.0 Å². The number of methoxy groups -OCH3 is 1. The molecule has 0 unspecified atom stereocenters. The maximum Gasteiger partial charge on any atom is 0.355 e. The number of carbonyl (C=O) groups excluding carboxylic acids is 1. The quantitative estimate of drug-likeness (QED) is 0.473. The molecule has 0 bridgehead atoms. The zero-order chi connectivity index (χ0) is 20.1. The topological polar surface area (TPSA) is 86.6 Å². The third kappa shape index (κ3) is 4.18. The predicted octanol–water partition coefficient (Wildman–Crippen LogP) is 4.22. The first kappa shape index (κ1) is 19.5. The van der Waals surface area contributed by atoms with Gasteiger partial charge in [0, 0.05) is 17.3 Å². The maximum atomic E-state index is 12.3. The van der Waals surface area contributed by atoms with Crippen LogP contribution in [0.25, 0.3) is 22.3 Å². The molecule has 0 atom stereocenters. The van der Waals surface area contributed by atoms with Gasteiger partial charge < -0.3 is 19.2 Å². The number of benzene rings is 2. The van der Waals surface area contributed by atoms with Gasteiger partial charge in [-0.3, -0.25) is 5.73 Å². The number of esters is 1. The highest BCUT2D eigenvalue weighted by Crippen LogP contribution is 2.36. The fraction of sp³-hybridized carbons (Fsp3) is 0.227. The van der Waals surface area contributed by atoms with E-state index in [9.17, 15) is 4.79 Å². The van der Waals surface area contributed by atoms with Crippen LogP contribution in [0.3, 0.4) is 0 Å². The van der Waals surface area contributed by atoms with Crippen LogP contribution in [0.15, 0.2) is 54.7 Å². The molecule has 1 heterocycles. The van der Waals surface area contributed by atoms with E-state index in [0.717, 1.165) is 28.0 Å². The normalized spacial score (nSPS) is 10.8. The molecule has 6 nitrogen and oxygen atoms in total. The number of nitrogens with one attached hydrogen (secondary N) is 1. The number of H-pyrrole nitrogens is 1. The average molecular weight is 380 g/mol. The van der Waals surface area contributed by atoms with Crippen LogP contribution in [0.1, 0.15) is 24.3 Å². The standard InChI is InChI=1S/C22H24N2O4/c1-14(2)28-18-10-4-15(5-11-18)19-12-24-21(22(25)26-3)20(19)16-6-8-17(9-7-16)27-13-23/h4-12,14,24H,13,23H2,1-3H3. The van der Waals surface area contributed by atoms with E-state index in [1.807, 2.05) is 68.6 Å². The Morgan fingerprint density at radius 3 is 2.18 bits per heavy atom. The van der Waals surface area contributed by atoms with Gasteiger partial charge in [0.15, 0.2) is 0 Å². The summed E-state index contributed by atoms with van der Waals surface area (Å²) in [6.07, 6.45) is 1.92. The Morgan fingerprint density at radius 2 is 1.61 bits per heavy atom. The molecule has 2 aromatic carbocycles. The van der Waals surface area contributed by atoms with Crippen LogP contribution in [0, 0.1) is 0 Å². The highest BCUT2D eigenvalue weighted by Gasteiger charge is 2.20. The lowest BCUT2D eigenvalue weighted by Gasteiger charge is -2.11. The first-order valence-electron chi connectivity index (χ1n) is 9.03. The van der Waals surface area contributed by atoms with Crippen molar-refractivity contribution >= 4 is 5.97 Å². The van der Waals surface area contributed by atoms with Gasteiger partial charge in [-0.2, -0.15) is 0 Å². The summed E-state index contributed by atoms with van der Waals surface area (Å²) in [6.45, 7) is 4.07. The Kier molecular flexibility index (Phi) is 6.01. The van der Waals surface area contributed by atoms with Gasteiger partial charge in [-0.25, -0.2) is 4.79 Å². The van der Waals surface area contributed by atoms with Gasteiger partial charge in [0.05, 0.1) is 13.2 Å². The van der Waals surface area contributed by atoms with Gasteiger partial charge in [0.2, 0.25) is 0 Å². The molecule has 0 amide bonds. The van der Waals surface area contributed by atoms with E-state index in [-0.39, 0.29) is 12.8 Å². The summed E-state index contributed by atoms with van der Waals surface area (Å²) >= 11 is 0. The minimum atomic E-state index is -0.428. The third-order valence-corrected chi connectivity index (χ3v) is 4.20. The number of hydrogen-bond donors (Lipinski definition) is 2. The lowest BCUT2D eigenvalue weighted by molar-refractivity contribution is 0.0595. The molecule has 3 rings (SSSR count). The maximum absolute atomic E-state index is 12.3. The number of ether oxygens (including phenoxy) is 3. The number of aromatic amines is 1. The van der Waals surface area contributed by atoms with Crippen LogP contribution in [-0.4, -0.2) is 30.9 Å². The molecular formula is C22H24N2O4. The van der Waals surface area contributed by atoms with E-state index < -0.39 is 5.97 Å². The van der Waals surface area contributed by atoms with Crippen molar-refractivity contribution in [3.05, 3.63) is 60.4 Å². The highest BCUT2D eigenvalue weighted by molar-refractivity contribution is 6.01. The van der Waals surface area contributed by atoms with Crippen molar-refractivity contribution in [2.75, 3.05) is 13.8 Å². The minimum Gasteiger partial charge on any atom is -0.491 e. The Labute approximate surface area is 164 Å². The van der Waals surface area contributed by atoms with Gasteiger partial charge in [0.25, 0.3) is 0 Å². The summed E-state index contributed by atoms with van der Waals surface area (Å²) in [6, 6.07) is 15.2. The number of aromatic nitrogens is 1. The molecule has 28 heavy (non-hydrogen) atoms. The van der Waals surface area contributed by atoms with E-state index in [4.69, 9.17) is 19.9 Å². The molecule has 3 aromatic rings. The number of rotatable bonds is 7. The van der Waals surface area contributed by atoms with Crippen molar-refractivity contribution in [2.45, 2.75) is 20.0 Å². The monoisotopic (exact) mass is 380 g/mol. The fourth-order valence-electron chi connectivity index (χ4n) is 3.01. The molecule has 0 aliphatic heterocycles. The van der Waals surface area contributed by atoms with Crippen LogP contribution in [0.4, 0.5) is 0 Å². The smallest absolute Gasteiger partial charge is 0.355 e. The van der Waals surface area contributed by atoms with E-state index in [1.165, 1.54) is 7.11 Å². The summed E-state index contributed by atoms with van der Waals surface area (Å²) in [7, 11) is 1.36. The summed E-state index contributed by atoms with van der Waals surface area (Å²) in [4.78, 5) is 15.3. The first-order chi connectivity index (χ1) is 13.5.